The molecule has 0 saturated heterocycles. The van der Waals surface area contributed by atoms with Crippen LogP contribution >= 0.6 is 11.3 Å². The molecule has 0 amide bonds. The summed E-state index contributed by atoms with van der Waals surface area (Å²) in [5, 5.41) is 6.54. The first-order chi connectivity index (χ1) is 9.24. The van der Waals surface area contributed by atoms with Crippen molar-refractivity contribution >= 4 is 22.7 Å². The Morgan fingerprint density at radius 3 is 3.11 bits per heavy atom. The van der Waals surface area contributed by atoms with Crippen LogP contribution in [0.15, 0.2) is 36.0 Å². The van der Waals surface area contributed by atoms with Gasteiger partial charge in [-0.25, -0.2) is 9.50 Å². The number of rotatable bonds is 4. The van der Waals surface area contributed by atoms with E-state index in [0.717, 1.165) is 30.0 Å². The normalized spacial score (nSPS) is 11.1. The summed E-state index contributed by atoms with van der Waals surface area (Å²) in [5.74, 6) is 0.986. The topological polar surface area (TPSA) is 33.4 Å². The van der Waals surface area contributed by atoms with Gasteiger partial charge in [-0.2, -0.15) is 5.10 Å². The number of nitrogens with zero attached hydrogens (tertiary/aromatic N) is 4. The molecule has 0 radical (unpaired) electrons. The maximum Gasteiger partial charge on any atom is 0.154 e. The molecule has 0 fully saturated rings. The monoisotopic (exact) mass is 272 g/mol. The van der Waals surface area contributed by atoms with Gasteiger partial charge in [-0.15, -0.1) is 11.3 Å². The molecule has 3 heterocycles. The van der Waals surface area contributed by atoms with E-state index in [-0.39, 0.29) is 0 Å². The number of hydrogen-bond donors (Lipinski definition) is 0. The SMILES string of the molecule is Cc1cc2c(N(C)CCc3cccs3)nccn2n1. The van der Waals surface area contributed by atoms with E-state index in [9.17, 15) is 0 Å². The van der Waals surface area contributed by atoms with Crippen molar-refractivity contribution < 1.29 is 0 Å². The first-order valence-corrected chi connectivity index (χ1v) is 7.16. The van der Waals surface area contributed by atoms with E-state index in [4.69, 9.17) is 0 Å². The summed E-state index contributed by atoms with van der Waals surface area (Å²) in [6.45, 7) is 2.96. The predicted octanol–water partition coefficient (Wildman–Crippen LogP) is 2.78. The van der Waals surface area contributed by atoms with E-state index < -0.39 is 0 Å². The molecule has 0 aromatic carbocycles. The highest BCUT2D eigenvalue weighted by atomic mass is 32.1. The van der Waals surface area contributed by atoms with E-state index in [0.29, 0.717) is 0 Å². The van der Waals surface area contributed by atoms with Gasteiger partial charge in [0, 0.05) is 30.9 Å². The summed E-state index contributed by atoms with van der Waals surface area (Å²) in [7, 11) is 2.08. The Labute approximate surface area is 116 Å². The first-order valence-electron chi connectivity index (χ1n) is 6.28. The van der Waals surface area contributed by atoms with Crippen LogP contribution in [0.25, 0.3) is 5.52 Å². The minimum absolute atomic E-state index is 0.956. The van der Waals surface area contributed by atoms with E-state index in [1.807, 2.05) is 17.6 Å². The number of hydrogen-bond acceptors (Lipinski definition) is 4. The maximum atomic E-state index is 4.49. The van der Waals surface area contributed by atoms with Crippen LogP contribution in [0.3, 0.4) is 0 Å². The van der Waals surface area contributed by atoms with Gasteiger partial charge in [-0.3, -0.25) is 0 Å². The second-order valence-electron chi connectivity index (χ2n) is 4.62. The summed E-state index contributed by atoms with van der Waals surface area (Å²) in [5.41, 5.74) is 2.08. The number of fused-ring (bicyclic) bond motifs is 1. The Kier molecular flexibility index (Phi) is 3.21. The first kappa shape index (κ1) is 12.2. The molecule has 0 aliphatic rings. The van der Waals surface area contributed by atoms with Crippen LogP contribution in [0.2, 0.25) is 0 Å². The van der Waals surface area contributed by atoms with Crippen LogP contribution in [0.5, 0.6) is 0 Å². The van der Waals surface area contributed by atoms with Crippen molar-refractivity contribution in [3.63, 3.8) is 0 Å². The Balaban J connectivity index is 1.82. The van der Waals surface area contributed by atoms with Gasteiger partial charge in [0.25, 0.3) is 0 Å². The van der Waals surface area contributed by atoms with Crippen LogP contribution in [0.1, 0.15) is 10.6 Å². The van der Waals surface area contributed by atoms with Gasteiger partial charge >= 0.3 is 0 Å². The lowest BCUT2D eigenvalue weighted by molar-refractivity contribution is 0.854. The van der Waals surface area contributed by atoms with E-state index >= 15 is 0 Å². The largest absolute Gasteiger partial charge is 0.358 e. The summed E-state index contributed by atoms with van der Waals surface area (Å²) < 4.78 is 1.89. The Morgan fingerprint density at radius 2 is 2.32 bits per heavy atom. The smallest absolute Gasteiger partial charge is 0.154 e. The highest BCUT2D eigenvalue weighted by Gasteiger charge is 2.09. The number of likely N-dealkylation sites (N-methyl/N-ethyl adjacent to an activating group) is 1. The lowest BCUT2D eigenvalue weighted by Gasteiger charge is -2.18. The van der Waals surface area contributed by atoms with Crippen molar-refractivity contribution in [2.24, 2.45) is 0 Å². The minimum atomic E-state index is 0.956. The zero-order chi connectivity index (χ0) is 13.2. The average Bonchev–Trinajstić information content (AvgIpc) is 3.02. The molecule has 98 valence electrons. The number of aryl methyl sites for hydroxylation is 1. The molecular weight excluding hydrogens is 256 g/mol. The molecule has 3 rings (SSSR count). The fraction of sp³-hybridized carbons (Fsp3) is 0.286. The molecule has 3 aromatic rings. The van der Waals surface area contributed by atoms with Gasteiger partial charge in [0.05, 0.1) is 5.69 Å². The highest BCUT2D eigenvalue weighted by molar-refractivity contribution is 7.09. The predicted molar refractivity (Wildman–Crippen MR) is 79.0 cm³/mol. The van der Waals surface area contributed by atoms with Crippen LogP contribution in [0, 0.1) is 6.92 Å². The zero-order valence-electron chi connectivity index (χ0n) is 11.1. The fourth-order valence-electron chi connectivity index (χ4n) is 2.16. The van der Waals surface area contributed by atoms with E-state index in [2.05, 4.69) is 45.6 Å². The van der Waals surface area contributed by atoms with Crippen LogP contribution in [-0.4, -0.2) is 28.2 Å². The van der Waals surface area contributed by atoms with E-state index in [1.165, 1.54) is 4.88 Å². The summed E-state index contributed by atoms with van der Waals surface area (Å²) in [6.07, 6.45) is 4.74. The molecule has 0 aliphatic carbocycles. The Bertz CT molecular complexity index is 672. The molecule has 0 saturated carbocycles. The van der Waals surface area contributed by atoms with Crippen LogP contribution in [-0.2, 0) is 6.42 Å². The van der Waals surface area contributed by atoms with E-state index in [1.54, 1.807) is 17.5 Å². The standard InChI is InChI=1S/C14H16N4S/c1-11-10-13-14(15-6-8-18(13)16-11)17(2)7-5-12-4-3-9-19-12/h3-4,6,8-10H,5,7H2,1-2H3. The Hall–Kier alpha value is -1.88. The molecule has 5 heteroatoms. The summed E-state index contributed by atoms with van der Waals surface area (Å²) in [6, 6.07) is 6.35. The molecular formula is C14H16N4S. The maximum absolute atomic E-state index is 4.49. The third-order valence-corrected chi connectivity index (χ3v) is 4.06. The average molecular weight is 272 g/mol. The number of thiophene rings is 1. The highest BCUT2D eigenvalue weighted by Crippen LogP contribution is 2.19. The van der Waals surface area contributed by atoms with Crippen molar-refractivity contribution in [2.45, 2.75) is 13.3 Å². The molecule has 0 N–H and O–H groups in total. The fourth-order valence-corrected chi connectivity index (χ4v) is 2.86. The Morgan fingerprint density at radius 1 is 1.42 bits per heavy atom. The van der Waals surface area contributed by atoms with Crippen molar-refractivity contribution in [3.8, 4) is 0 Å². The molecule has 19 heavy (non-hydrogen) atoms. The molecule has 0 unspecified atom stereocenters. The van der Waals surface area contributed by atoms with Gasteiger partial charge in [0.2, 0.25) is 0 Å². The second-order valence-corrected chi connectivity index (χ2v) is 5.65. The van der Waals surface area contributed by atoms with Crippen LogP contribution in [0.4, 0.5) is 5.82 Å². The quantitative estimate of drug-likeness (QED) is 0.732. The van der Waals surface area contributed by atoms with Crippen LogP contribution < -0.4 is 4.90 Å². The van der Waals surface area contributed by atoms with Gasteiger partial charge in [-0.05, 0) is 30.9 Å². The lowest BCUT2D eigenvalue weighted by atomic mass is 10.3. The second kappa shape index (κ2) is 5.01. The summed E-state index contributed by atoms with van der Waals surface area (Å²) in [4.78, 5) is 8.09. The van der Waals surface area contributed by atoms with Gasteiger partial charge in [-0.1, -0.05) is 6.07 Å². The third-order valence-electron chi connectivity index (χ3n) is 3.13. The molecule has 0 spiro atoms. The molecule has 0 atom stereocenters. The van der Waals surface area contributed by atoms with Gasteiger partial charge in [0.1, 0.15) is 5.52 Å². The van der Waals surface area contributed by atoms with Crippen molar-refractivity contribution in [3.05, 3.63) is 46.5 Å². The molecule has 4 nitrogen and oxygen atoms in total. The van der Waals surface area contributed by atoms with Crippen molar-refractivity contribution in [1.29, 1.82) is 0 Å². The third kappa shape index (κ3) is 2.46. The molecule has 0 aliphatic heterocycles. The number of anilines is 1. The zero-order valence-corrected chi connectivity index (χ0v) is 11.9. The van der Waals surface area contributed by atoms with Crippen molar-refractivity contribution in [1.82, 2.24) is 14.6 Å². The van der Waals surface area contributed by atoms with Gasteiger partial charge in [0.15, 0.2) is 5.82 Å². The number of aromatic nitrogens is 3. The molecule has 0 bridgehead atoms. The summed E-state index contributed by atoms with van der Waals surface area (Å²) >= 11 is 1.80. The molecule has 3 aromatic heterocycles. The van der Waals surface area contributed by atoms with Crippen molar-refractivity contribution in [2.75, 3.05) is 18.5 Å². The minimum Gasteiger partial charge on any atom is -0.358 e. The van der Waals surface area contributed by atoms with Gasteiger partial charge < -0.3 is 4.90 Å². The lowest BCUT2D eigenvalue weighted by Crippen LogP contribution is -2.21.